The Labute approximate surface area is 216 Å². The van der Waals surface area contributed by atoms with Crippen molar-refractivity contribution in [1.82, 2.24) is 43.3 Å². The maximum atomic E-state index is 12.9. The van der Waals surface area contributed by atoms with E-state index < -0.39 is 11.2 Å². The Morgan fingerprint density at radius 2 is 1.65 bits per heavy atom. The van der Waals surface area contributed by atoms with Gasteiger partial charge in [0.15, 0.2) is 16.8 Å². The predicted octanol–water partition coefficient (Wildman–Crippen LogP) is -0.0327. The number of aryl methyl sites for hydroxylation is 1. The molecule has 1 amide bonds. The number of halogens is 1. The first-order chi connectivity index (χ1) is 17.7. The number of aromatic nitrogens is 8. The second-order valence-corrected chi connectivity index (χ2v) is 9.43. The molecule has 0 saturated heterocycles. The molecule has 0 aliphatic heterocycles. The van der Waals surface area contributed by atoms with Gasteiger partial charge in [0.25, 0.3) is 11.1 Å². The zero-order chi connectivity index (χ0) is 26.3. The third-order valence-corrected chi connectivity index (χ3v) is 6.59. The highest BCUT2D eigenvalue weighted by atomic mass is 79.9. The molecule has 0 atom stereocenters. The second kappa shape index (κ2) is 9.61. The molecule has 13 nitrogen and oxygen atoms in total. The van der Waals surface area contributed by atoms with Crippen molar-refractivity contribution in [3.63, 3.8) is 0 Å². The van der Waals surface area contributed by atoms with Crippen molar-refractivity contribution in [2.75, 3.05) is 6.54 Å². The Balaban J connectivity index is 1.26. The van der Waals surface area contributed by atoms with Gasteiger partial charge in [-0.2, -0.15) is 5.10 Å². The zero-order valence-electron chi connectivity index (χ0n) is 20.0. The molecule has 4 heterocycles. The molecular weight excluding hydrogens is 546 g/mol. The normalized spacial score (nSPS) is 11.4. The first-order valence-electron chi connectivity index (χ1n) is 11.3. The van der Waals surface area contributed by atoms with E-state index in [2.05, 4.69) is 36.3 Å². The fraction of sp³-hybridized carbons (Fsp3) is 0.261. The van der Waals surface area contributed by atoms with Crippen LogP contribution in [0.2, 0.25) is 0 Å². The van der Waals surface area contributed by atoms with Gasteiger partial charge in [-0.05, 0) is 17.7 Å². The predicted molar refractivity (Wildman–Crippen MR) is 138 cm³/mol. The molecule has 5 aromatic rings. The Hall–Kier alpha value is -4.33. The first-order valence-corrected chi connectivity index (χ1v) is 12.1. The maximum absolute atomic E-state index is 12.9. The summed E-state index contributed by atoms with van der Waals surface area (Å²) in [5.74, 6) is -0.350. The summed E-state index contributed by atoms with van der Waals surface area (Å²) >= 11 is 3.40. The molecule has 4 aromatic heterocycles. The number of hydrogen-bond acceptors (Lipinski definition) is 7. The number of hydrogen-bond donors (Lipinski definition) is 1. The Morgan fingerprint density at radius 3 is 2.41 bits per heavy atom. The van der Waals surface area contributed by atoms with Gasteiger partial charge in [0.05, 0.1) is 25.6 Å². The van der Waals surface area contributed by atoms with Crippen LogP contribution in [0.5, 0.6) is 0 Å². The first kappa shape index (κ1) is 24.4. The lowest BCUT2D eigenvalue weighted by Gasteiger charge is -2.09. The van der Waals surface area contributed by atoms with E-state index in [4.69, 9.17) is 0 Å². The molecule has 5 rings (SSSR count). The smallest absolute Gasteiger partial charge is 0.332 e. The molecule has 1 aromatic carbocycles. The molecule has 0 aliphatic carbocycles. The number of benzene rings is 1. The van der Waals surface area contributed by atoms with E-state index in [-0.39, 0.29) is 35.7 Å². The summed E-state index contributed by atoms with van der Waals surface area (Å²) in [5.41, 5.74) is 0.549. The van der Waals surface area contributed by atoms with E-state index >= 15 is 0 Å². The zero-order valence-corrected chi connectivity index (χ0v) is 21.5. The minimum atomic E-state index is -0.525. The van der Waals surface area contributed by atoms with Gasteiger partial charge in [-0.25, -0.2) is 19.4 Å². The van der Waals surface area contributed by atoms with Gasteiger partial charge in [-0.1, -0.05) is 28.1 Å². The van der Waals surface area contributed by atoms with Crippen molar-refractivity contribution >= 4 is 44.0 Å². The number of nitrogens with zero attached hydrogens (tertiary/aromatic N) is 8. The lowest BCUT2D eigenvalue weighted by molar-refractivity contribution is -0.121. The molecule has 0 saturated carbocycles. The summed E-state index contributed by atoms with van der Waals surface area (Å²) in [5, 5.41) is 7.42. The summed E-state index contributed by atoms with van der Waals surface area (Å²) < 4.78 is 7.67. The number of nitrogens with one attached hydrogen (secondary N) is 1. The van der Waals surface area contributed by atoms with Crippen LogP contribution in [-0.2, 0) is 38.5 Å². The molecule has 0 aliphatic rings. The number of amides is 1. The second-order valence-electron chi connectivity index (χ2n) is 8.51. The van der Waals surface area contributed by atoms with E-state index in [0.717, 1.165) is 14.6 Å². The number of imidazole rings is 1. The van der Waals surface area contributed by atoms with Crippen LogP contribution in [0.3, 0.4) is 0 Å². The highest BCUT2D eigenvalue weighted by Crippen LogP contribution is 2.12. The van der Waals surface area contributed by atoms with Crippen LogP contribution in [0.25, 0.3) is 22.2 Å². The summed E-state index contributed by atoms with van der Waals surface area (Å²) in [7, 11) is 2.89. The van der Waals surface area contributed by atoms with Gasteiger partial charge in [0.1, 0.15) is 18.3 Å². The van der Waals surface area contributed by atoms with Crippen molar-refractivity contribution in [1.29, 1.82) is 0 Å². The summed E-state index contributed by atoms with van der Waals surface area (Å²) in [6.45, 7) is 0.751. The Morgan fingerprint density at radius 1 is 0.946 bits per heavy atom. The van der Waals surface area contributed by atoms with E-state index in [1.807, 2.05) is 24.3 Å². The van der Waals surface area contributed by atoms with E-state index in [1.54, 1.807) is 4.68 Å². The van der Waals surface area contributed by atoms with Crippen LogP contribution in [-0.4, -0.2) is 50.5 Å². The molecule has 0 unspecified atom stereocenters. The van der Waals surface area contributed by atoms with Gasteiger partial charge >= 0.3 is 5.69 Å². The SMILES string of the molecule is Cn1c(=O)c2c(ncn2CC(=O)NCCn2ncc3c(=O)n(Cc4ccc(Br)cc4)cnc32)n(C)c1=O. The van der Waals surface area contributed by atoms with E-state index in [9.17, 15) is 19.2 Å². The summed E-state index contributed by atoms with van der Waals surface area (Å²) in [6.07, 6.45) is 4.32. The third kappa shape index (κ3) is 4.50. The topological polar surface area (TPSA) is 144 Å². The van der Waals surface area contributed by atoms with Crippen molar-refractivity contribution in [2.45, 2.75) is 19.6 Å². The van der Waals surface area contributed by atoms with Gasteiger partial charge in [-0.3, -0.25) is 28.1 Å². The van der Waals surface area contributed by atoms with Crippen molar-refractivity contribution < 1.29 is 4.79 Å². The largest absolute Gasteiger partial charge is 0.353 e. The molecule has 0 bridgehead atoms. The summed E-state index contributed by atoms with van der Waals surface area (Å²) in [6, 6.07) is 7.68. The Kier molecular flexibility index (Phi) is 6.33. The van der Waals surface area contributed by atoms with E-state index in [0.29, 0.717) is 24.1 Å². The summed E-state index contributed by atoms with van der Waals surface area (Å²) in [4.78, 5) is 58.6. The number of carbonyl (C=O) groups is 1. The van der Waals surface area contributed by atoms with E-state index in [1.165, 1.54) is 46.6 Å². The number of rotatable bonds is 7. The highest BCUT2D eigenvalue weighted by Gasteiger charge is 2.16. The molecule has 14 heteroatoms. The van der Waals surface area contributed by atoms with Crippen LogP contribution in [0, 0.1) is 0 Å². The van der Waals surface area contributed by atoms with Crippen molar-refractivity contribution in [3.8, 4) is 0 Å². The van der Waals surface area contributed by atoms with Crippen LogP contribution in [0.4, 0.5) is 0 Å². The average molecular weight is 568 g/mol. The van der Waals surface area contributed by atoms with Crippen LogP contribution in [0.1, 0.15) is 5.56 Å². The lowest BCUT2D eigenvalue weighted by atomic mass is 10.2. The van der Waals surface area contributed by atoms with Gasteiger partial charge in [0.2, 0.25) is 5.91 Å². The third-order valence-electron chi connectivity index (χ3n) is 6.07. The van der Waals surface area contributed by atoms with Crippen molar-refractivity contribution in [3.05, 3.63) is 84.3 Å². The standard InChI is InChI=1S/C23H22BrN9O4/c1-29-20-18(22(36)30(2)23(29)37)31(12-27-20)11-17(34)25-7-8-33-19-16(9-28-33)21(35)32(13-26-19)10-14-3-5-15(24)6-4-14/h3-6,9,12-13H,7-8,10-11H2,1-2H3,(H,25,34). The molecule has 0 spiro atoms. The molecular formula is C23H22BrN9O4. The molecule has 190 valence electrons. The van der Waals surface area contributed by atoms with Crippen molar-refractivity contribution in [2.24, 2.45) is 14.1 Å². The number of carbonyl (C=O) groups excluding carboxylic acids is 1. The van der Waals surface area contributed by atoms with Crippen LogP contribution < -0.4 is 22.1 Å². The highest BCUT2D eigenvalue weighted by molar-refractivity contribution is 9.10. The Bertz CT molecular complexity index is 1830. The fourth-order valence-electron chi connectivity index (χ4n) is 4.09. The van der Waals surface area contributed by atoms with Gasteiger partial charge in [0, 0.05) is 25.1 Å². The minimum absolute atomic E-state index is 0.150. The molecule has 0 radical (unpaired) electrons. The average Bonchev–Trinajstić information content (AvgIpc) is 3.49. The maximum Gasteiger partial charge on any atom is 0.332 e. The van der Waals surface area contributed by atoms with Gasteiger partial charge < -0.3 is 9.88 Å². The lowest BCUT2D eigenvalue weighted by Crippen LogP contribution is -2.38. The van der Waals surface area contributed by atoms with Crippen LogP contribution >= 0.6 is 15.9 Å². The quantitative estimate of drug-likeness (QED) is 0.290. The monoisotopic (exact) mass is 567 g/mol. The minimum Gasteiger partial charge on any atom is -0.353 e. The van der Waals surface area contributed by atoms with Gasteiger partial charge in [-0.15, -0.1) is 0 Å². The molecule has 0 fully saturated rings. The fourth-order valence-corrected chi connectivity index (χ4v) is 4.35. The molecule has 1 N–H and O–H groups in total. The molecule has 37 heavy (non-hydrogen) atoms. The van der Waals surface area contributed by atoms with Crippen LogP contribution in [0.15, 0.2) is 62.0 Å². The number of fused-ring (bicyclic) bond motifs is 2.